The van der Waals surface area contributed by atoms with E-state index in [1.807, 2.05) is 4.90 Å². The summed E-state index contributed by atoms with van der Waals surface area (Å²) in [6.45, 7) is 1.14. The third-order valence-electron chi connectivity index (χ3n) is 3.48. The zero-order valence-corrected chi connectivity index (χ0v) is 11.9. The zero-order chi connectivity index (χ0) is 16.1. The number of rotatable bonds is 5. The Morgan fingerprint density at radius 2 is 1.86 bits per heavy atom. The van der Waals surface area contributed by atoms with Crippen molar-refractivity contribution in [2.45, 2.75) is 18.9 Å². The minimum Gasteiger partial charge on any atom is -0.367 e. The van der Waals surface area contributed by atoms with Gasteiger partial charge in [-0.3, -0.25) is 14.4 Å². The standard InChI is InChI=1S/C13H18N6O3/c14-10(20)9(11(15)21)18-12(22)8-3-1-6-19(7-8)13-16-4-2-5-17-13/h2,4-5,8-9H,1,3,6-7H2,(H2,14,20)(H2,15,21)(H,18,22). The van der Waals surface area contributed by atoms with Crippen molar-refractivity contribution in [3.8, 4) is 0 Å². The second kappa shape index (κ2) is 6.83. The van der Waals surface area contributed by atoms with Crippen LogP contribution in [0.25, 0.3) is 0 Å². The van der Waals surface area contributed by atoms with Gasteiger partial charge in [-0.25, -0.2) is 9.97 Å². The molecule has 1 atom stereocenters. The molecule has 9 heteroatoms. The van der Waals surface area contributed by atoms with Crippen LogP contribution in [0.5, 0.6) is 0 Å². The van der Waals surface area contributed by atoms with Gasteiger partial charge < -0.3 is 21.7 Å². The minimum absolute atomic E-state index is 0.390. The molecule has 9 nitrogen and oxygen atoms in total. The van der Waals surface area contributed by atoms with Crippen molar-refractivity contribution in [1.82, 2.24) is 15.3 Å². The molecule has 1 aliphatic rings. The number of nitrogens with zero attached hydrogens (tertiary/aromatic N) is 3. The van der Waals surface area contributed by atoms with Crippen molar-refractivity contribution in [2.75, 3.05) is 18.0 Å². The number of carbonyl (C=O) groups excluding carboxylic acids is 3. The van der Waals surface area contributed by atoms with Gasteiger partial charge in [-0.1, -0.05) is 0 Å². The average molecular weight is 306 g/mol. The van der Waals surface area contributed by atoms with E-state index >= 15 is 0 Å². The Balaban J connectivity index is 2.01. The number of anilines is 1. The highest BCUT2D eigenvalue weighted by molar-refractivity contribution is 6.05. The van der Waals surface area contributed by atoms with Crippen LogP contribution in [0.3, 0.4) is 0 Å². The Labute approximate surface area is 127 Å². The van der Waals surface area contributed by atoms with E-state index in [1.165, 1.54) is 0 Å². The summed E-state index contributed by atoms with van der Waals surface area (Å²) in [5.41, 5.74) is 10.1. The van der Waals surface area contributed by atoms with Crippen LogP contribution in [0.1, 0.15) is 12.8 Å². The maximum Gasteiger partial charge on any atom is 0.249 e. The fourth-order valence-electron chi connectivity index (χ4n) is 2.37. The molecular formula is C13H18N6O3. The van der Waals surface area contributed by atoms with Crippen LogP contribution >= 0.6 is 0 Å². The number of hydrogen-bond acceptors (Lipinski definition) is 6. The zero-order valence-electron chi connectivity index (χ0n) is 11.9. The van der Waals surface area contributed by atoms with E-state index in [0.29, 0.717) is 18.9 Å². The van der Waals surface area contributed by atoms with E-state index in [2.05, 4.69) is 15.3 Å². The molecule has 0 radical (unpaired) electrons. The lowest BCUT2D eigenvalue weighted by Gasteiger charge is -2.32. The number of carbonyl (C=O) groups is 3. The van der Waals surface area contributed by atoms with E-state index in [-0.39, 0.29) is 0 Å². The van der Waals surface area contributed by atoms with Gasteiger partial charge in [0.2, 0.25) is 23.7 Å². The van der Waals surface area contributed by atoms with Crippen molar-refractivity contribution in [1.29, 1.82) is 0 Å². The molecule has 2 heterocycles. The number of aromatic nitrogens is 2. The van der Waals surface area contributed by atoms with E-state index in [9.17, 15) is 14.4 Å². The lowest BCUT2D eigenvalue weighted by Crippen LogP contribution is -2.55. The minimum atomic E-state index is -1.49. The van der Waals surface area contributed by atoms with Gasteiger partial charge in [0.05, 0.1) is 5.92 Å². The Hall–Kier alpha value is -2.71. The van der Waals surface area contributed by atoms with Gasteiger partial charge in [0.15, 0.2) is 6.04 Å². The summed E-state index contributed by atoms with van der Waals surface area (Å²) in [6.07, 6.45) is 4.66. The van der Waals surface area contributed by atoms with Crippen LogP contribution in [-0.2, 0) is 14.4 Å². The summed E-state index contributed by atoms with van der Waals surface area (Å²) in [6, 6.07) is 0.220. The molecule has 0 bridgehead atoms. The van der Waals surface area contributed by atoms with Gasteiger partial charge in [-0.15, -0.1) is 0 Å². The molecule has 118 valence electrons. The van der Waals surface area contributed by atoms with Crippen molar-refractivity contribution in [3.63, 3.8) is 0 Å². The topological polar surface area (TPSA) is 144 Å². The maximum atomic E-state index is 12.2. The molecule has 1 unspecified atom stereocenters. The van der Waals surface area contributed by atoms with Crippen molar-refractivity contribution >= 4 is 23.7 Å². The predicted octanol–water partition coefficient (Wildman–Crippen LogP) is -1.85. The number of hydrogen-bond donors (Lipinski definition) is 3. The molecule has 5 N–H and O–H groups in total. The molecule has 0 saturated carbocycles. The monoisotopic (exact) mass is 306 g/mol. The summed E-state index contributed by atoms with van der Waals surface area (Å²) >= 11 is 0. The fourth-order valence-corrected chi connectivity index (χ4v) is 2.37. The highest BCUT2D eigenvalue weighted by atomic mass is 16.2. The lowest BCUT2D eigenvalue weighted by atomic mass is 9.97. The summed E-state index contributed by atoms with van der Waals surface area (Å²) in [4.78, 5) is 44.6. The highest BCUT2D eigenvalue weighted by Gasteiger charge is 2.31. The Morgan fingerprint density at radius 1 is 1.23 bits per heavy atom. The molecule has 0 aromatic carbocycles. The summed E-state index contributed by atoms with van der Waals surface area (Å²) in [7, 11) is 0. The van der Waals surface area contributed by atoms with Gasteiger partial charge >= 0.3 is 0 Å². The summed E-state index contributed by atoms with van der Waals surface area (Å²) in [5.74, 6) is -2.22. The molecule has 3 amide bonds. The molecule has 1 aromatic heterocycles. The van der Waals surface area contributed by atoms with Crippen LogP contribution in [-0.4, -0.2) is 46.8 Å². The molecule has 1 saturated heterocycles. The normalized spacial score (nSPS) is 18.0. The molecule has 1 aromatic rings. The third-order valence-corrected chi connectivity index (χ3v) is 3.48. The van der Waals surface area contributed by atoms with Crippen molar-refractivity contribution < 1.29 is 14.4 Å². The largest absolute Gasteiger partial charge is 0.367 e. The smallest absolute Gasteiger partial charge is 0.249 e. The molecule has 1 aliphatic heterocycles. The molecule has 22 heavy (non-hydrogen) atoms. The molecule has 0 spiro atoms. The highest BCUT2D eigenvalue weighted by Crippen LogP contribution is 2.20. The first-order valence-electron chi connectivity index (χ1n) is 6.90. The van der Waals surface area contributed by atoms with Crippen molar-refractivity contribution in [2.24, 2.45) is 17.4 Å². The molecular weight excluding hydrogens is 288 g/mol. The molecule has 0 aliphatic carbocycles. The van der Waals surface area contributed by atoms with Crippen LogP contribution in [0.4, 0.5) is 5.95 Å². The predicted molar refractivity (Wildman–Crippen MR) is 77.3 cm³/mol. The van der Waals surface area contributed by atoms with Gasteiger partial charge in [0, 0.05) is 25.5 Å². The van der Waals surface area contributed by atoms with Gasteiger partial charge in [-0.05, 0) is 18.9 Å². The van der Waals surface area contributed by atoms with Crippen LogP contribution in [0.2, 0.25) is 0 Å². The summed E-state index contributed by atoms with van der Waals surface area (Å²) < 4.78 is 0. The van der Waals surface area contributed by atoms with Gasteiger partial charge in [0.1, 0.15) is 0 Å². The van der Waals surface area contributed by atoms with E-state index in [1.54, 1.807) is 18.5 Å². The second-order valence-electron chi connectivity index (χ2n) is 5.08. The molecule has 1 fully saturated rings. The van der Waals surface area contributed by atoms with Crippen LogP contribution < -0.4 is 21.7 Å². The maximum absolute atomic E-state index is 12.2. The van der Waals surface area contributed by atoms with E-state index in [0.717, 1.165) is 13.0 Å². The van der Waals surface area contributed by atoms with Crippen LogP contribution in [0.15, 0.2) is 18.5 Å². The SMILES string of the molecule is NC(=O)C(NC(=O)C1CCCN(c2ncccn2)C1)C(N)=O. The van der Waals surface area contributed by atoms with E-state index < -0.39 is 29.7 Å². The Morgan fingerprint density at radius 3 is 2.45 bits per heavy atom. The van der Waals surface area contributed by atoms with Gasteiger partial charge in [-0.2, -0.15) is 0 Å². The first kappa shape index (κ1) is 15.7. The van der Waals surface area contributed by atoms with Gasteiger partial charge in [0.25, 0.3) is 0 Å². The number of nitrogens with one attached hydrogen (secondary N) is 1. The number of nitrogens with two attached hydrogens (primary N) is 2. The third kappa shape index (κ3) is 3.68. The Kier molecular flexibility index (Phi) is 4.87. The second-order valence-corrected chi connectivity index (χ2v) is 5.08. The molecule has 2 rings (SSSR count). The lowest BCUT2D eigenvalue weighted by molar-refractivity contribution is -0.135. The first-order valence-corrected chi connectivity index (χ1v) is 6.90. The number of piperidine rings is 1. The van der Waals surface area contributed by atoms with E-state index in [4.69, 9.17) is 11.5 Å². The Bertz CT molecular complexity index is 550. The van der Waals surface area contributed by atoms with Crippen molar-refractivity contribution in [3.05, 3.63) is 18.5 Å². The first-order chi connectivity index (χ1) is 10.5. The average Bonchev–Trinajstić information content (AvgIpc) is 2.52. The number of primary amides is 2. The fraction of sp³-hybridized carbons (Fsp3) is 0.462. The van der Waals surface area contributed by atoms with Crippen LogP contribution in [0, 0.1) is 5.92 Å². The quantitative estimate of drug-likeness (QED) is 0.544. The number of amides is 3. The summed E-state index contributed by atoms with van der Waals surface area (Å²) in [5, 5.41) is 2.30.